The molecular weight excluding hydrogens is 392 g/mol. The number of carbonyl (C=O) groups is 1. The number of piperazine rings is 1. The van der Waals surface area contributed by atoms with E-state index in [0.29, 0.717) is 31.5 Å². The van der Waals surface area contributed by atoms with Crippen molar-refractivity contribution >= 4 is 17.5 Å². The molecule has 0 aliphatic carbocycles. The first-order chi connectivity index (χ1) is 15.2. The number of hydrogen-bond acceptors (Lipinski definition) is 6. The Morgan fingerprint density at radius 3 is 2.61 bits per heavy atom. The Labute approximate surface area is 185 Å². The molecule has 3 aliphatic heterocycles. The molecule has 3 heterocycles. The number of aryl methyl sites for hydroxylation is 1. The van der Waals surface area contributed by atoms with E-state index >= 15 is 0 Å². The van der Waals surface area contributed by atoms with Crippen molar-refractivity contribution in [3.8, 4) is 0 Å². The highest BCUT2D eigenvalue weighted by Crippen LogP contribution is 2.31. The van der Waals surface area contributed by atoms with Gasteiger partial charge in [-0.25, -0.2) is 0 Å². The number of fused-ring (bicyclic) bond motifs is 3. The molecule has 2 atom stereocenters. The molecule has 2 unspecified atom stereocenters. The van der Waals surface area contributed by atoms with Gasteiger partial charge in [0, 0.05) is 63.3 Å². The first-order valence-corrected chi connectivity index (χ1v) is 11.8. The van der Waals surface area contributed by atoms with E-state index in [1.807, 2.05) is 11.0 Å². The Bertz CT molecular complexity index is 757. The zero-order valence-electron chi connectivity index (χ0n) is 18.5. The van der Waals surface area contributed by atoms with Gasteiger partial charge in [0.2, 0.25) is 5.91 Å². The maximum atomic E-state index is 12.5. The minimum Gasteiger partial charge on any atom is -0.481 e. The summed E-state index contributed by atoms with van der Waals surface area (Å²) in [5.41, 5.74) is 2.41. The van der Waals surface area contributed by atoms with E-state index in [9.17, 15) is 4.79 Å². The number of ether oxygens (including phenoxy) is 1. The quantitative estimate of drug-likeness (QED) is 0.340. The van der Waals surface area contributed by atoms with Crippen molar-refractivity contribution in [1.82, 2.24) is 9.80 Å². The number of anilines is 1. The highest BCUT2D eigenvalue weighted by Gasteiger charge is 2.39. The van der Waals surface area contributed by atoms with E-state index in [2.05, 4.69) is 28.0 Å². The summed E-state index contributed by atoms with van der Waals surface area (Å²) in [6.45, 7) is 5.63. The van der Waals surface area contributed by atoms with Gasteiger partial charge < -0.3 is 19.6 Å². The molecule has 7 heteroatoms. The molecule has 0 radical (unpaired) electrons. The number of nitrogens with one attached hydrogen (secondary N) is 1. The van der Waals surface area contributed by atoms with Crippen LogP contribution in [-0.4, -0.2) is 84.7 Å². The Morgan fingerprint density at radius 2 is 1.84 bits per heavy atom. The van der Waals surface area contributed by atoms with Crippen molar-refractivity contribution in [2.24, 2.45) is 0 Å². The van der Waals surface area contributed by atoms with E-state index in [0.717, 1.165) is 57.7 Å². The number of aliphatic hydroxyl groups is 1. The topological polar surface area (TPSA) is 80.1 Å². The first-order valence-electron chi connectivity index (χ1n) is 11.8. The van der Waals surface area contributed by atoms with Crippen LogP contribution >= 0.6 is 0 Å². The number of nitrogens with zero attached hydrogens (tertiary/aromatic N) is 3. The van der Waals surface area contributed by atoms with Crippen LogP contribution in [-0.2, 0) is 16.0 Å². The molecular formula is C24H36N4O3. The summed E-state index contributed by atoms with van der Waals surface area (Å²) < 4.78 is 5.36. The number of hydrogen-bond donors (Lipinski definition) is 2. The van der Waals surface area contributed by atoms with Crippen LogP contribution < -0.4 is 4.90 Å². The largest absolute Gasteiger partial charge is 0.481 e. The maximum Gasteiger partial charge on any atom is 0.227 e. The van der Waals surface area contributed by atoms with Crippen LogP contribution in [0.15, 0.2) is 24.3 Å². The molecule has 1 aromatic carbocycles. The number of aliphatic hydroxyl groups excluding tert-OH is 1. The molecule has 2 fully saturated rings. The van der Waals surface area contributed by atoms with Crippen molar-refractivity contribution in [3.63, 3.8) is 0 Å². The molecule has 0 spiro atoms. The summed E-state index contributed by atoms with van der Waals surface area (Å²) >= 11 is 0. The van der Waals surface area contributed by atoms with Crippen molar-refractivity contribution in [1.29, 1.82) is 5.41 Å². The lowest BCUT2D eigenvalue weighted by molar-refractivity contribution is -0.118. The third kappa shape index (κ3) is 5.45. The molecule has 31 heavy (non-hydrogen) atoms. The number of rotatable bonds is 10. The lowest BCUT2D eigenvalue weighted by Crippen LogP contribution is -2.54. The van der Waals surface area contributed by atoms with Crippen LogP contribution in [0.2, 0.25) is 0 Å². The number of amides is 1. The molecule has 7 nitrogen and oxygen atoms in total. The van der Waals surface area contributed by atoms with Gasteiger partial charge in [-0.2, -0.15) is 0 Å². The van der Waals surface area contributed by atoms with Gasteiger partial charge in [-0.15, -0.1) is 0 Å². The monoisotopic (exact) mass is 428 g/mol. The molecule has 2 saturated heterocycles. The van der Waals surface area contributed by atoms with Gasteiger partial charge in [0.1, 0.15) is 0 Å². The van der Waals surface area contributed by atoms with Crippen LogP contribution in [0.5, 0.6) is 0 Å². The fourth-order valence-corrected chi connectivity index (χ4v) is 5.44. The Hall–Kier alpha value is -1.96. The lowest BCUT2D eigenvalue weighted by atomic mass is 10.0. The summed E-state index contributed by atoms with van der Waals surface area (Å²) in [5, 5.41) is 16.4. The van der Waals surface area contributed by atoms with Crippen molar-refractivity contribution in [2.75, 3.05) is 50.8 Å². The molecule has 1 aromatic rings. The first kappa shape index (κ1) is 22.2. The minimum atomic E-state index is -0.0252. The van der Waals surface area contributed by atoms with Crippen molar-refractivity contribution in [3.05, 3.63) is 29.8 Å². The molecule has 4 rings (SSSR count). The maximum absolute atomic E-state index is 12.5. The Morgan fingerprint density at radius 1 is 1.06 bits per heavy atom. The molecule has 3 aliphatic rings. The average Bonchev–Trinajstić information content (AvgIpc) is 3.00. The molecule has 170 valence electrons. The summed E-state index contributed by atoms with van der Waals surface area (Å²) in [6.07, 6.45) is 6.28. The lowest BCUT2D eigenvalue weighted by Gasteiger charge is -2.41. The van der Waals surface area contributed by atoms with Gasteiger partial charge in [-0.05, 0) is 43.7 Å². The molecule has 2 bridgehead atoms. The van der Waals surface area contributed by atoms with Gasteiger partial charge >= 0.3 is 0 Å². The smallest absolute Gasteiger partial charge is 0.227 e. The van der Waals surface area contributed by atoms with Gasteiger partial charge in [-0.3, -0.25) is 15.1 Å². The summed E-state index contributed by atoms with van der Waals surface area (Å²) in [5.74, 6) is 0.447. The zero-order valence-corrected chi connectivity index (χ0v) is 18.5. The summed E-state index contributed by atoms with van der Waals surface area (Å²) in [4.78, 5) is 19.7. The number of para-hydroxylation sites is 1. The zero-order chi connectivity index (χ0) is 21.6. The molecule has 2 N–H and O–H groups in total. The number of carbonyl (C=O) groups excluding carboxylic acids is 1. The van der Waals surface area contributed by atoms with Gasteiger partial charge in [-0.1, -0.05) is 18.2 Å². The Kier molecular flexibility index (Phi) is 7.58. The fraction of sp³-hybridized carbons (Fsp3) is 0.667. The number of likely N-dealkylation sites (tertiary alicyclic amines) is 1. The van der Waals surface area contributed by atoms with E-state index < -0.39 is 0 Å². The third-order valence-corrected chi connectivity index (χ3v) is 6.93. The van der Waals surface area contributed by atoms with E-state index in [1.165, 1.54) is 18.4 Å². The second kappa shape index (κ2) is 10.6. The second-order valence-electron chi connectivity index (χ2n) is 9.01. The van der Waals surface area contributed by atoms with Gasteiger partial charge in [0.15, 0.2) is 5.90 Å². The summed E-state index contributed by atoms with van der Waals surface area (Å²) in [6, 6.07) is 9.58. The van der Waals surface area contributed by atoms with Gasteiger partial charge in [0.05, 0.1) is 13.2 Å². The highest BCUT2D eigenvalue weighted by atomic mass is 16.5. The second-order valence-corrected chi connectivity index (χ2v) is 9.01. The normalized spacial score (nSPS) is 23.8. The molecule has 1 amide bonds. The van der Waals surface area contributed by atoms with E-state index in [4.69, 9.17) is 15.3 Å². The van der Waals surface area contributed by atoms with Crippen LogP contribution in [0.25, 0.3) is 0 Å². The van der Waals surface area contributed by atoms with Crippen LogP contribution in [0.3, 0.4) is 0 Å². The van der Waals surface area contributed by atoms with Crippen molar-refractivity contribution < 1.29 is 14.6 Å². The van der Waals surface area contributed by atoms with Crippen LogP contribution in [0.4, 0.5) is 5.69 Å². The van der Waals surface area contributed by atoms with Crippen LogP contribution in [0, 0.1) is 5.41 Å². The predicted octanol–water partition coefficient (Wildman–Crippen LogP) is 2.27. The minimum absolute atomic E-state index is 0.0252. The van der Waals surface area contributed by atoms with Crippen LogP contribution in [0.1, 0.15) is 44.1 Å². The summed E-state index contributed by atoms with van der Waals surface area (Å²) in [7, 11) is 0. The standard InChI is InChI=1S/C24H36N4O3/c25-23(11-15-29)31-16-4-12-26-17-20-8-9-21(18-26)27(20)13-3-14-28-22-6-2-1-5-19(22)7-10-24(28)30/h1-2,5-6,20-21,25,29H,3-4,7-18H2. The SMILES string of the molecule is N=C(CCO)OCCCN1CC2CCC(C1)N2CCCN1C(=O)CCc2ccccc21. The third-order valence-electron chi connectivity index (χ3n) is 6.93. The number of benzene rings is 1. The average molecular weight is 429 g/mol. The van der Waals surface area contributed by atoms with E-state index in [1.54, 1.807) is 0 Å². The van der Waals surface area contributed by atoms with E-state index in [-0.39, 0.29) is 18.4 Å². The van der Waals surface area contributed by atoms with Gasteiger partial charge in [0.25, 0.3) is 0 Å². The Balaban J connectivity index is 1.20. The van der Waals surface area contributed by atoms with Crippen molar-refractivity contribution in [2.45, 2.75) is 57.0 Å². The predicted molar refractivity (Wildman–Crippen MR) is 122 cm³/mol. The highest BCUT2D eigenvalue weighted by molar-refractivity contribution is 5.96. The molecule has 0 aromatic heterocycles. The fourth-order valence-electron chi connectivity index (χ4n) is 5.44. The molecule has 0 saturated carbocycles.